The molecule has 1 aliphatic heterocycles. The Kier molecular flexibility index (Phi) is 5.89. The van der Waals surface area contributed by atoms with Gasteiger partial charge < -0.3 is 15.5 Å². The van der Waals surface area contributed by atoms with Crippen LogP contribution in [0.4, 0.5) is 11.4 Å². The molecule has 0 saturated carbocycles. The molecule has 2 amide bonds. The molecule has 1 saturated heterocycles. The first-order valence-electron chi connectivity index (χ1n) is 9.07. The Morgan fingerprint density at radius 1 is 1.08 bits per heavy atom. The van der Waals surface area contributed by atoms with E-state index >= 15 is 0 Å². The number of amides is 2. The van der Waals surface area contributed by atoms with E-state index in [9.17, 15) is 9.59 Å². The van der Waals surface area contributed by atoms with E-state index in [1.54, 1.807) is 4.90 Å². The first-order chi connectivity index (χ1) is 12.6. The van der Waals surface area contributed by atoms with Crippen molar-refractivity contribution in [3.8, 4) is 0 Å². The van der Waals surface area contributed by atoms with E-state index in [-0.39, 0.29) is 24.2 Å². The number of nitrogens with one attached hydrogen (secondary N) is 2. The van der Waals surface area contributed by atoms with Crippen molar-refractivity contribution >= 4 is 23.2 Å². The Balaban J connectivity index is 1.41. The maximum Gasteiger partial charge on any atom is 0.227 e. The first-order valence-corrected chi connectivity index (χ1v) is 9.07. The summed E-state index contributed by atoms with van der Waals surface area (Å²) in [5, 5.41) is 6.27. The number of rotatable bonds is 7. The van der Waals surface area contributed by atoms with Crippen molar-refractivity contribution in [2.45, 2.75) is 19.8 Å². The highest BCUT2D eigenvalue weighted by atomic mass is 16.2. The first kappa shape index (κ1) is 18.0. The van der Waals surface area contributed by atoms with Gasteiger partial charge in [0.1, 0.15) is 0 Å². The fourth-order valence-electron chi connectivity index (χ4n) is 3.09. The summed E-state index contributed by atoms with van der Waals surface area (Å²) < 4.78 is 0. The number of carbonyl (C=O) groups excluding carboxylic acids is 2. The van der Waals surface area contributed by atoms with Gasteiger partial charge >= 0.3 is 0 Å². The van der Waals surface area contributed by atoms with E-state index in [4.69, 9.17) is 0 Å². The van der Waals surface area contributed by atoms with Gasteiger partial charge in [-0.3, -0.25) is 9.59 Å². The fraction of sp³-hybridized carbons (Fsp3) is 0.333. The summed E-state index contributed by atoms with van der Waals surface area (Å²) in [7, 11) is 0. The lowest BCUT2D eigenvalue weighted by Gasteiger charge is -2.17. The van der Waals surface area contributed by atoms with Crippen molar-refractivity contribution in [3.05, 3.63) is 60.2 Å². The Morgan fingerprint density at radius 2 is 1.81 bits per heavy atom. The zero-order valence-electron chi connectivity index (χ0n) is 15.1. The minimum atomic E-state index is -0.272. The van der Waals surface area contributed by atoms with Gasteiger partial charge in [0.2, 0.25) is 11.8 Å². The summed E-state index contributed by atoms with van der Waals surface area (Å²) in [6, 6.07) is 17.8. The lowest BCUT2D eigenvalue weighted by Crippen LogP contribution is -2.34. The van der Waals surface area contributed by atoms with Gasteiger partial charge in [0.05, 0.1) is 5.92 Å². The minimum absolute atomic E-state index is 0.0137. The van der Waals surface area contributed by atoms with Crippen LogP contribution >= 0.6 is 0 Å². The highest BCUT2D eigenvalue weighted by molar-refractivity contribution is 6.00. The normalized spacial score (nSPS) is 16.6. The largest absolute Gasteiger partial charge is 0.385 e. The summed E-state index contributed by atoms with van der Waals surface area (Å²) in [5.74, 6) is -0.293. The highest BCUT2D eigenvalue weighted by Gasteiger charge is 2.34. The van der Waals surface area contributed by atoms with Crippen LogP contribution in [0.25, 0.3) is 0 Å². The number of anilines is 2. The Bertz CT molecular complexity index is 744. The maximum atomic E-state index is 12.3. The number of para-hydroxylation sites is 1. The molecule has 0 radical (unpaired) electrons. The highest BCUT2D eigenvalue weighted by Crippen LogP contribution is 2.25. The molecule has 0 spiro atoms. The van der Waals surface area contributed by atoms with E-state index in [1.165, 1.54) is 0 Å². The molecule has 26 heavy (non-hydrogen) atoms. The molecule has 2 aromatic rings. The van der Waals surface area contributed by atoms with E-state index in [1.807, 2.05) is 61.5 Å². The summed E-state index contributed by atoms with van der Waals surface area (Å²) in [6.07, 6.45) is 1.12. The predicted molar refractivity (Wildman–Crippen MR) is 104 cm³/mol. The number of hydrogen-bond donors (Lipinski definition) is 2. The van der Waals surface area contributed by atoms with Gasteiger partial charge in [0, 0.05) is 37.4 Å². The van der Waals surface area contributed by atoms with Gasteiger partial charge in [-0.15, -0.1) is 0 Å². The third kappa shape index (κ3) is 4.63. The molecule has 1 atom stereocenters. The molecule has 1 fully saturated rings. The average molecular weight is 351 g/mol. The van der Waals surface area contributed by atoms with Crippen LogP contribution in [0, 0.1) is 12.8 Å². The van der Waals surface area contributed by atoms with Crippen LogP contribution in [0.15, 0.2) is 54.6 Å². The van der Waals surface area contributed by atoms with Crippen LogP contribution in [-0.2, 0) is 9.59 Å². The van der Waals surface area contributed by atoms with Gasteiger partial charge in [-0.2, -0.15) is 0 Å². The second-order valence-corrected chi connectivity index (χ2v) is 6.68. The molecule has 0 aliphatic carbocycles. The van der Waals surface area contributed by atoms with Crippen LogP contribution in [0.1, 0.15) is 18.4 Å². The van der Waals surface area contributed by atoms with Crippen molar-refractivity contribution in [1.82, 2.24) is 5.32 Å². The molecule has 5 nitrogen and oxygen atoms in total. The quantitative estimate of drug-likeness (QED) is 0.754. The number of carbonyl (C=O) groups is 2. The molecule has 3 rings (SSSR count). The Morgan fingerprint density at radius 3 is 2.54 bits per heavy atom. The summed E-state index contributed by atoms with van der Waals surface area (Å²) in [4.78, 5) is 26.3. The molecule has 136 valence electrons. The lowest BCUT2D eigenvalue weighted by atomic mass is 10.1. The molecular formula is C21H25N3O2. The van der Waals surface area contributed by atoms with Gasteiger partial charge in [0.25, 0.3) is 0 Å². The summed E-state index contributed by atoms with van der Waals surface area (Å²) in [6.45, 7) is 3.87. The number of aryl methyl sites for hydroxylation is 1. The van der Waals surface area contributed by atoms with Gasteiger partial charge in [-0.25, -0.2) is 0 Å². The van der Waals surface area contributed by atoms with Crippen LogP contribution in [0.2, 0.25) is 0 Å². The third-order valence-electron chi connectivity index (χ3n) is 4.60. The molecule has 2 aromatic carbocycles. The topological polar surface area (TPSA) is 61.4 Å². The van der Waals surface area contributed by atoms with Gasteiger partial charge in [0.15, 0.2) is 0 Å². The molecule has 1 unspecified atom stereocenters. The summed E-state index contributed by atoms with van der Waals surface area (Å²) in [5.41, 5.74) is 3.09. The summed E-state index contributed by atoms with van der Waals surface area (Å²) >= 11 is 0. The van der Waals surface area contributed by atoms with Crippen molar-refractivity contribution < 1.29 is 9.59 Å². The van der Waals surface area contributed by atoms with E-state index in [0.717, 1.165) is 29.9 Å². The molecule has 1 aliphatic rings. The third-order valence-corrected chi connectivity index (χ3v) is 4.60. The Labute approximate surface area is 154 Å². The van der Waals surface area contributed by atoms with E-state index < -0.39 is 0 Å². The molecule has 5 heteroatoms. The van der Waals surface area contributed by atoms with Crippen molar-refractivity contribution in [2.75, 3.05) is 29.9 Å². The van der Waals surface area contributed by atoms with Crippen LogP contribution in [0.3, 0.4) is 0 Å². The zero-order chi connectivity index (χ0) is 18.4. The van der Waals surface area contributed by atoms with Crippen molar-refractivity contribution in [3.63, 3.8) is 0 Å². The SMILES string of the molecule is Cc1ccc(N2CC(C(=O)NCCCNc3ccccc3)CC2=O)cc1. The molecule has 2 N–H and O–H groups in total. The Hall–Kier alpha value is -2.82. The zero-order valence-corrected chi connectivity index (χ0v) is 15.1. The monoisotopic (exact) mass is 351 g/mol. The second-order valence-electron chi connectivity index (χ2n) is 6.68. The number of hydrogen-bond acceptors (Lipinski definition) is 3. The number of benzene rings is 2. The van der Waals surface area contributed by atoms with E-state index in [0.29, 0.717) is 13.1 Å². The van der Waals surface area contributed by atoms with Crippen LogP contribution in [-0.4, -0.2) is 31.4 Å². The predicted octanol–water partition coefficient (Wildman–Crippen LogP) is 2.97. The maximum absolute atomic E-state index is 12.3. The van der Waals surface area contributed by atoms with E-state index in [2.05, 4.69) is 10.6 Å². The average Bonchev–Trinajstić information content (AvgIpc) is 3.05. The van der Waals surface area contributed by atoms with Gasteiger partial charge in [-0.05, 0) is 37.6 Å². The minimum Gasteiger partial charge on any atom is -0.385 e. The second kappa shape index (κ2) is 8.52. The molecule has 0 aromatic heterocycles. The van der Waals surface area contributed by atoms with Crippen molar-refractivity contribution in [2.24, 2.45) is 5.92 Å². The lowest BCUT2D eigenvalue weighted by molar-refractivity contribution is -0.126. The van der Waals surface area contributed by atoms with Crippen LogP contribution in [0.5, 0.6) is 0 Å². The molecule has 1 heterocycles. The number of nitrogens with zero attached hydrogens (tertiary/aromatic N) is 1. The molecule has 0 bridgehead atoms. The fourth-order valence-corrected chi connectivity index (χ4v) is 3.09. The van der Waals surface area contributed by atoms with Crippen LogP contribution < -0.4 is 15.5 Å². The smallest absolute Gasteiger partial charge is 0.227 e. The van der Waals surface area contributed by atoms with Crippen molar-refractivity contribution in [1.29, 1.82) is 0 Å². The molecular weight excluding hydrogens is 326 g/mol. The standard InChI is InChI=1S/C21H25N3O2/c1-16-8-10-19(11-9-16)24-15-17(14-20(24)25)21(26)23-13-5-12-22-18-6-3-2-4-7-18/h2-4,6-11,17,22H,5,12-15H2,1H3,(H,23,26). The van der Waals surface area contributed by atoms with Gasteiger partial charge in [-0.1, -0.05) is 35.9 Å².